The van der Waals surface area contributed by atoms with Crippen LogP contribution in [0.15, 0.2) is 11.6 Å². The van der Waals surface area contributed by atoms with E-state index in [-0.39, 0.29) is 16.5 Å². The Bertz CT molecular complexity index is 459. The highest BCUT2D eigenvalue weighted by atomic mass is 32.1. The van der Waals surface area contributed by atoms with Crippen LogP contribution < -0.4 is 5.32 Å². The van der Waals surface area contributed by atoms with Gasteiger partial charge in [-0.2, -0.15) is 4.37 Å². The average Bonchev–Trinajstić information content (AvgIpc) is 2.45. The van der Waals surface area contributed by atoms with Gasteiger partial charge in [0.15, 0.2) is 0 Å². The molecule has 1 aromatic heterocycles. The maximum Gasteiger partial charge on any atom is 0.340 e. The van der Waals surface area contributed by atoms with Crippen LogP contribution in [0.5, 0.6) is 0 Å². The van der Waals surface area contributed by atoms with Crippen LogP contribution in [0.2, 0.25) is 0 Å². The molecule has 1 aromatic rings. The average molecular weight is 240 g/mol. The van der Waals surface area contributed by atoms with Crippen molar-refractivity contribution >= 4 is 28.4 Å². The maximum atomic E-state index is 11.4. The minimum atomic E-state index is -1.08. The second kappa shape index (κ2) is 4.89. The van der Waals surface area contributed by atoms with Crippen LogP contribution in [0.3, 0.4) is 0 Å². The Kier molecular flexibility index (Phi) is 3.78. The number of carbonyl (C=O) groups excluding carboxylic acids is 1. The van der Waals surface area contributed by atoms with Crippen LogP contribution in [-0.2, 0) is 4.79 Å². The first kappa shape index (κ1) is 12.4. The summed E-state index contributed by atoms with van der Waals surface area (Å²) in [5.41, 5.74) is 1.31. The quantitative estimate of drug-likeness (QED) is 0.792. The number of hydrogen-bond donors (Lipinski definition) is 2. The van der Waals surface area contributed by atoms with Gasteiger partial charge in [0.1, 0.15) is 10.6 Å². The number of carboxylic acids is 1. The molecular formula is C10H12N2O3S. The molecule has 0 unspecified atom stereocenters. The van der Waals surface area contributed by atoms with E-state index in [1.807, 2.05) is 0 Å². The van der Waals surface area contributed by atoms with Gasteiger partial charge in [-0.25, -0.2) is 4.79 Å². The third-order valence-corrected chi connectivity index (χ3v) is 2.59. The number of anilines is 1. The molecule has 0 radical (unpaired) electrons. The number of allylic oxidation sites excluding steroid dienone is 1. The van der Waals surface area contributed by atoms with E-state index < -0.39 is 5.97 Å². The van der Waals surface area contributed by atoms with E-state index >= 15 is 0 Å². The van der Waals surface area contributed by atoms with E-state index in [9.17, 15) is 9.59 Å². The third-order valence-electron chi connectivity index (χ3n) is 1.73. The highest BCUT2D eigenvalue weighted by Crippen LogP contribution is 2.24. The van der Waals surface area contributed by atoms with Gasteiger partial charge in [-0.05, 0) is 32.3 Å². The van der Waals surface area contributed by atoms with Gasteiger partial charge in [-0.15, -0.1) is 0 Å². The first-order chi connectivity index (χ1) is 7.41. The summed E-state index contributed by atoms with van der Waals surface area (Å²) in [5, 5.41) is 11.7. The lowest BCUT2D eigenvalue weighted by atomic mass is 10.2. The molecule has 0 aliphatic carbocycles. The van der Waals surface area contributed by atoms with Gasteiger partial charge in [0, 0.05) is 6.08 Å². The van der Waals surface area contributed by atoms with Gasteiger partial charge >= 0.3 is 5.97 Å². The molecule has 1 rings (SSSR count). The van der Waals surface area contributed by atoms with Crippen molar-refractivity contribution in [3.05, 3.63) is 22.9 Å². The number of aryl methyl sites for hydroxylation is 1. The van der Waals surface area contributed by atoms with Crippen LogP contribution in [0.25, 0.3) is 0 Å². The minimum absolute atomic E-state index is 0.0560. The fourth-order valence-electron chi connectivity index (χ4n) is 1.12. The summed E-state index contributed by atoms with van der Waals surface area (Å²) in [6.07, 6.45) is 1.40. The van der Waals surface area contributed by atoms with Gasteiger partial charge in [0.25, 0.3) is 0 Å². The van der Waals surface area contributed by atoms with Crippen LogP contribution in [0.1, 0.15) is 29.9 Å². The zero-order chi connectivity index (χ0) is 12.3. The van der Waals surface area contributed by atoms with Crippen molar-refractivity contribution in [1.29, 1.82) is 0 Å². The number of hydrogen-bond acceptors (Lipinski definition) is 4. The molecule has 0 bridgehead atoms. The van der Waals surface area contributed by atoms with Gasteiger partial charge in [0.05, 0.1) is 5.69 Å². The first-order valence-electron chi connectivity index (χ1n) is 4.57. The molecule has 0 saturated carbocycles. The van der Waals surface area contributed by atoms with Gasteiger partial charge in [-0.1, -0.05) is 5.57 Å². The number of carbonyl (C=O) groups is 2. The number of carboxylic acid groups (broad SMARTS) is 1. The van der Waals surface area contributed by atoms with Gasteiger partial charge < -0.3 is 10.4 Å². The minimum Gasteiger partial charge on any atom is -0.478 e. The summed E-state index contributed by atoms with van der Waals surface area (Å²) < 4.78 is 3.90. The van der Waals surface area contributed by atoms with Crippen LogP contribution >= 0.6 is 11.5 Å². The number of amides is 1. The summed E-state index contributed by atoms with van der Waals surface area (Å²) in [6, 6.07) is 0. The second-order valence-electron chi connectivity index (χ2n) is 3.49. The molecule has 2 N–H and O–H groups in total. The number of aromatic nitrogens is 1. The summed E-state index contributed by atoms with van der Waals surface area (Å²) >= 11 is 0.968. The standard InChI is InChI=1S/C10H12N2O3S/c1-5(2)4-7(13)11-9-8(10(14)15)6(3)12-16-9/h4H,1-3H3,(H,11,13)(H,14,15). The zero-order valence-electron chi connectivity index (χ0n) is 9.20. The Labute approximate surface area is 97.0 Å². The first-order valence-corrected chi connectivity index (χ1v) is 5.34. The second-order valence-corrected chi connectivity index (χ2v) is 4.26. The van der Waals surface area contributed by atoms with E-state index in [1.54, 1.807) is 20.8 Å². The molecule has 1 heterocycles. The third kappa shape index (κ3) is 2.90. The molecule has 0 saturated heterocycles. The van der Waals surface area contributed by atoms with E-state index in [4.69, 9.17) is 5.11 Å². The number of aromatic carboxylic acids is 1. The monoisotopic (exact) mass is 240 g/mol. The van der Waals surface area contributed by atoms with Crippen LogP contribution in [-0.4, -0.2) is 21.4 Å². The van der Waals surface area contributed by atoms with Crippen molar-refractivity contribution in [3.8, 4) is 0 Å². The highest BCUT2D eigenvalue weighted by molar-refractivity contribution is 7.11. The fourth-order valence-corrected chi connectivity index (χ4v) is 1.91. The van der Waals surface area contributed by atoms with Crippen molar-refractivity contribution in [2.45, 2.75) is 20.8 Å². The predicted octanol–water partition coefficient (Wildman–Crippen LogP) is 2.05. The molecule has 0 atom stereocenters. The Morgan fingerprint density at radius 3 is 2.56 bits per heavy atom. The van der Waals surface area contributed by atoms with Crippen molar-refractivity contribution < 1.29 is 14.7 Å². The molecule has 0 aliphatic rings. The molecule has 1 amide bonds. The molecule has 0 aromatic carbocycles. The lowest BCUT2D eigenvalue weighted by Crippen LogP contribution is -2.10. The van der Waals surface area contributed by atoms with Crippen molar-refractivity contribution in [2.24, 2.45) is 0 Å². The number of nitrogens with one attached hydrogen (secondary N) is 1. The molecule has 0 fully saturated rings. The lowest BCUT2D eigenvalue weighted by Gasteiger charge is -2.00. The van der Waals surface area contributed by atoms with Crippen LogP contribution in [0.4, 0.5) is 5.00 Å². The predicted molar refractivity (Wildman–Crippen MR) is 61.9 cm³/mol. The van der Waals surface area contributed by atoms with E-state index in [2.05, 4.69) is 9.69 Å². The van der Waals surface area contributed by atoms with E-state index in [0.29, 0.717) is 5.69 Å². The van der Waals surface area contributed by atoms with Crippen LogP contribution in [0, 0.1) is 6.92 Å². The Balaban J connectivity index is 2.94. The molecule has 86 valence electrons. The van der Waals surface area contributed by atoms with E-state index in [1.165, 1.54) is 6.08 Å². The lowest BCUT2D eigenvalue weighted by molar-refractivity contribution is -0.111. The molecule has 5 nitrogen and oxygen atoms in total. The molecule has 16 heavy (non-hydrogen) atoms. The van der Waals surface area contributed by atoms with Crippen molar-refractivity contribution in [3.63, 3.8) is 0 Å². The smallest absolute Gasteiger partial charge is 0.340 e. The Hall–Kier alpha value is -1.69. The summed E-state index contributed by atoms with van der Waals surface area (Å²) in [5.74, 6) is -1.43. The summed E-state index contributed by atoms with van der Waals surface area (Å²) in [4.78, 5) is 22.3. The SMILES string of the molecule is CC(C)=CC(=O)Nc1snc(C)c1C(=O)O. The van der Waals surface area contributed by atoms with Gasteiger partial charge in [-0.3, -0.25) is 4.79 Å². The number of nitrogens with zero attached hydrogens (tertiary/aromatic N) is 1. The summed E-state index contributed by atoms with van der Waals surface area (Å²) in [7, 11) is 0. The van der Waals surface area contributed by atoms with Crippen molar-refractivity contribution in [2.75, 3.05) is 5.32 Å². The van der Waals surface area contributed by atoms with Crippen molar-refractivity contribution in [1.82, 2.24) is 4.37 Å². The fraction of sp³-hybridized carbons (Fsp3) is 0.300. The normalized spacial score (nSPS) is 9.69. The maximum absolute atomic E-state index is 11.4. The molecule has 6 heteroatoms. The zero-order valence-corrected chi connectivity index (χ0v) is 10.0. The number of rotatable bonds is 3. The molecule has 0 aliphatic heterocycles. The highest BCUT2D eigenvalue weighted by Gasteiger charge is 2.18. The summed E-state index contributed by atoms with van der Waals surface area (Å²) in [6.45, 7) is 5.17. The van der Waals surface area contributed by atoms with E-state index in [0.717, 1.165) is 17.1 Å². The molecular weight excluding hydrogens is 228 g/mol. The van der Waals surface area contributed by atoms with Gasteiger partial charge in [0.2, 0.25) is 5.91 Å². The largest absolute Gasteiger partial charge is 0.478 e. The molecule has 0 spiro atoms. The Morgan fingerprint density at radius 1 is 1.44 bits per heavy atom. The Morgan fingerprint density at radius 2 is 2.06 bits per heavy atom. The topological polar surface area (TPSA) is 79.3 Å².